The minimum absolute atomic E-state index is 0.00353. The summed E-state index contributed by atoms with van der Waals surface area (Å²) in [5, 5.41) is 4.08. The number of benzene rings is 2. The Morgan fingerprint density at radius 1 is 1.04 bits per heavy atom. The summed E-state index contributed by atoms with van der Waals surface area (Å²) < 4.78 is 0. The molecule has 1 amide bonds. The number of likely N-dealkylation sites (tertiary alicyclic amines) is 1. The minimum atomic E-state index is -0.00353. The molecule has 1 saturated heterocycles. The molecule has 0 unspecified atom stereocenters. The number of thiazole rings is 1. The molecular formula is C22H23N3OS. The molecule has 1 aromatic heterocycles. The van der Waals surface area contributed by atoms with Crippen LogP contribution < -0.4 is 5.32 Å². The summed E-state index contributed by atoms with van der Waals surface area (Å²) in [6.07, 6.45) is 3.67. The van der Waals surface area contributed by atoms with E-state index in [4.69, 9.17) is 0 Å². The number of aromatic nitrogens is 1. The Morgan fingerprint density at radius 3 is 2.41 bits per heavy atom. The predicted octanol–water partition coefficient (Wildman–Crippen LogP) is 4.20. The Bertz CT molecular complexity index is 871. The smallest absolute Gasteiger partial charge is 0.263 e. The maximum Gasteiger partial charge on any atom is 0.263 e. The Hall–Kier alpha value is -2.50. The number of amides is 1. The Kier molecular flexibility index (Phi) is 5.61. The van der Waals surface area contributed by atoms with Gasteiger partial charge in [-0.15, -0.1) is 11.3 Å². The Morgan fingerprint density at radius 2 is 1.70 bits per heavy atom. The Balaban J connectivity index is 1.29. The second-order valence-corrected chi connectivity index (χ2v) is 7.94. The molecule has 0 atom stereocenters. The first-order chi connectivity index (χ1) is 13.3. The van der Waals surface area contributed by atoms with Gasteiger partial charge in [0, 0.05) is 31.2 Å². The van der Waals surface area contributed by atoms with Crippen molar-refractivity contribution in [1.29, 1.82) is 0 Å². The summed E-state index contributed by atoms with van der Waals surface area (Å²) in [5.74, 6) is -0.00353. The van der Waals surface area contributed by atoms with Gasteiger partial charge in [0.2, 0.25) is 0 Å². The van der Waals surface area contributed by atoms with Crippen LogP contribution in [0.15, 0.2) is 66.9 Å². The van der Waals surface area contributed by atoms with Gasteiger partial charge in [0.05, 0.1) is 6.20 Å². The van der Waals surface area contributed by atoms with Crippen LogP contribution in [0, 0.1) is 0 Å². The monoisotopic (exact) mass is 377 g/mol. The molecule has 2 heterocycles. The van der Waals surface area contributed by atoms with Crippen LogP contribution in [0.3, 0.4) is 0 Å². The maximum atomic E-state index is 12.6. The summed E-state index contributed by atoms with van der Waals surface area (Å²) in [6.45, 7) is 3.01. The lowest BCUT2D eigenvalue weighted by Crippen LogP contribution is -2.44. The molecule has 0 radical (unpaired) electrons. The van der Waals surface area contributed by atoms with Crippen LogP contribution in [0.4, 0.5) is 0 Å². The van der Waals surface area contributed by atoms with Crippen molar-refractivity contribution in [2.45, 2.75) is 25.4 Å². The molecule has 2 aromatic carbocycles. The van der Waals surface area contributed by atoms with Gasteiger partial charge in [-0.05, 0) is 18.4 Å². The highest BCUT2D eigenvalue weighted by Crippen LogP contribution is 2.25. The van der Waals surface area contributed by atoms with Gasteiger partial charge in [-0.3, -0.25) is 9.69 Å². The third kappa shape index (κ3) is 4.62. The topological polar surface area (TPSA) is 45.2 Å². The molecule has 1 aliphatic heterocycles. The molecule has 4 rings (SSSR count). The number of hydrogen-bond acceptors (Lipinski definition) is 4. The van der Waals surface area contributed by atoms with Crippen LogP contribution in [0.2, 0.25) is 0 Å². The van der Waals surface area contributed by atoms with E-state index in [1.807, 2.05) is 36.4 Å². The number of piperidine rings is 1. The van der Waals surface area contributed by atoms with E-state index in [2.05, 4.69) is 39.5 Å². The van der Waals surface area contributed by atoms with Gasteiger partial charge in [-0.25, -0.2) is 4.98 Å². The van der Waals surface area contributed by atoms with E-state index in [0.717, 1.165) is 43.0 Å². The highest BCUT2D eigenvalue weighted by atomic mass is 32.1. The van der Waals surface area contributed by atoms with Crippen molar-refractivity contribution in [3.05, 3.63) is 77.3 Å². The number of carbonyl (C=O) groups is 1. The lowest BCUT2D eigenvalue weighted by atomic mass is 10.0. The van der Waals surface area contributed by atoms with Crippen molar-refractivity contribution < 1.29 is 4.79 Å². The molecule has 0 spiro atoms. The van der Waals surface area contributed by atoms with E-state index in [1.165, 1.54) is 16.9 Å². The zero-order valence-corrected chi connectivity index (χ0v) is 16.0. The quantitative estimate of drug-likeness (QED) is 0.725. The van der Waals surface area contributed by atoms with Crippen LogP contribution >= 0.6 is 11.3 Å². The van der Waals surface area contributed by atoms with Gasteiger partial charge in [0.15, 0.2) is 0 Å². The van der Waals surface area contributed by atoms with Crippen molar-refractivity contribution in [3.63, 3.8) is 0 Å². The van der Waals surface area contributed by atoms with Crippen molar-refractivity contribution in [3.8, 4) is 10.6 Å². The summed E-state index contributed by atoms with van der Waals surface area (Å²) >= 11 is 1.45. The average Bonchev–Trinajstić information content (AvgIpc) is 3.21. The molecular weight excluding hydrogens is 354 g/mol. The maximum absolute atomic E-state index is 12.6. The number of nitrogens with zero attached hydrogens (tertiary/aromatic N) is 2. The molecule has 0 bridgehead atoms. The predicted molar refractivity (Wildman–Crippen MR) is 110 cm³/mol. The van der Waals surface area contributed by atoms with Crippen molar-refractivity contribution in [2.75, 3.05) is 13.1 Å². The summed E-state index contributed by atoms with van der Waals surface area (Å²) in [5.41, 5.74) is 2.40. The molecule has 1 fully saturated rings. The van der Waals surface area contributed by atoms with Gasteiger partial charge >= 0.3 is 0 Å². The number of hydrogen-bond donors (Lipinski definition) is 1. The fourth-order valence-electron chi connectivity index (χ4n) is 3.43. The molecule has 0 saturated carbocycles. The van der Waals surface area contributed by atoms with Gasteiger partial charge in [0.25, 0.3) is 5.91 Å². The van der Waals surface area contributed by atoms with Crippen LogP contribution in [0.5, 0.6) is 0 Å². The second-order valence-electron chi connectivity index (χ2n) is 6.91. The van der Waals surface area contributed by atoms with Crippen molar-refractivity contribution >= 4 is 17.2 Å². The molecule has 138 valence electrons. The van der Waals surface area contributed by atoms with E-state index >= 15 is 0 Å². The van der Waals surface area contributed by atoms with Crippen LogP contribution in [0.1, 0.15) is 28.1 Å². The van der Waals surface area contributed by atoms with Crippen LogP contribution in [-0.2, 0) is 6.54 Å². The number of rotatable bonds is 5. The third-order valence-corrected chi connectivity index (χ3v) is 5.97. The minimum Gasteiger partial charge on any atom is -0.348 e. The third-order valence-electron chi connectivity index (χ3n) is 4.92. The normalized spacial score (nSPS) is 15.6. The molecule has 0 aliphatic carbocycles. The first kappa shape index (κ1) is 17.9. The zero-order valence-electron chi connectivity index (χ0n) is 15.2. The van der Waals surface area contributed by atoms with E-state index in [-0.39, 0.29) is 11.9 Å². The van der Waals surface area contributed by atoms with Gasteiger partial charge < -0.3 is 5.32 Å². The zero-order chi connectivity index (χ0) is 18.5. The van der Waals surface area contributed by atoms with Gasteiger partial charge in [-0.2, -0.15) is 0 Å². The number of carbonyl (C=O) groups excluding carboxylic acids is 1. The highest BCUT2D eigenvalue weighted by molar-refractivity contribution is 7.16. The van der Waals surface area contributed by atoms with Gasteiger partial charge in [-0.1, -0.05) is 60.7 Å². The molecule has 4 nitrogen and oxygen atoms in total. The molecule has 3 aromatic rings. The lowest BCUT2D eigenvalue weighted by Gasteiger charge is -2.32. The second kappa shape index (κ2) is 8.46. The fourth-order valence-corrected chi connectivity index (χ4v) is 4.25. The SMILES string of the molecule is O=C(NC1CCN(Cc2ccccc2)CC1)c1cnc(-c2ccccc2)s1. The fraction of sp³-hybridized carbons (Fsp3) is 0.273. The van der Waals surface area contributed by atoms with Crippen molar-refractivity contribution in [1.82, 2.24) is 15.2 Å². The molecule has 1 aliphatic rings. The lowest BCUT2D eigenvalue weighted by molar-refractivity contribution is 0.0913. The first-order valence-electron chi connectivity index (χ1n) is 9.36. The summed E-state index contributed by atoms with van der Waals surface area (Å²) in [6, 6.07) is 20.8. The van der Waals surface area contributed by atoms with E-state index in [1.54, 1.807) is 6.20 Å². The molecule has 5 heteroatoms. The summed E-state index contributed by atoms with van der Waals surface area (Å²) in [7, 11) is 0. The van der Waals surface area contributed by atoms with Crippen LogP contribution in [-0.4, -0.2) is 34.9 Å². The van der Waals surface area contributed by atoms with Crippen LogP contribution in [0.25, 0.3) is 10.6 Å². The molecule has 27 heavy (non-hydrogen) atoms. The Labute approximate surface area is 163 Å². The van der Waals surface area contributed by atoms with Gasteiger partial charge in [0.1, 0.15) is 9.88 Å². The van der Waals surface area contributed by atoms with Crippen molar-refractivity contribution in [2.24, 2.45) is 0 Å². The standard InChI is InChI=1S/C22H23N3OS/c26-21(20-15-23-22(27-20)18-9-5-2-6-10-18)24-19-11-13-25(14-12-19)16-17-7-3-1-4-8-17/h1-10,15,19H,11-14,16H2,(H,24,26). The first-order valence-corrected chi connectivity index (χ1v) is 10.2. The summed E-state index contributed by atoms with van der Waals surface area (Å²) in [4.78, 5) is 20.1. The highest BCUT2D eigenvalue weighted by Gasteiger charge is 2.22. The number of nitrogens with one attached hydrogen (secondary N) is 1. The molecule has 1 N–H and O–H groups in total. The largest absolute Gasteiger partial charge is 0.348 e. The van der Waals surface area contributed by atoms with E-state index in [0.29, 0.717) is 4.88 Å². The average molecular weight is 378 g/mol. The van der Waals surface area contributed by atoms with E-state index in [9.17, 15) is 4.79 Å². The van der Waals surface area contributed by atoms with E-state index < -0.39 is 0 Å².